The lowest BCUT2D eigenvalue weighted by Crippen LogP contribution is -2.47. The van der Waals surface area contributed by atoms with E-state index in [4.69, 9.17) is 11.6 Å². The summed E-state index contributed by atoms with van der Waals surface area (Å²) >= 11 is 6.11. The lowest BCUT2D eigenvalue weighted by atomic mass is 10.2. The Bertz CT molecular complexity index is 1280. The predicted octanol–water partition coefficient (Wildman–Crippen LogP) is 3.23. The number of aromatic nitrogens is 2. The minimum atomic E-state index is -0.387. The van der Waals surface area contributed by atoms with E-state index in [9.17, 15) is 14.4 Å². The molecule has 0 unspecified atom stereocenters. The van der Waals surface area contributed by atoms with Crippen LogP contribution in [0.15, 0.2) is 58.1 Å². The number of piperazine rings is 1. The Hall–Kier alpha value is -3.10. The summed E-state index contributed by atoms with van der Waals surface area (Å²) in [5.74, 6) is 0.0569. The minimum absolute atomic E-state index is 0.0569. The van der Waals surface area contributed by atoms with Gasteiger partial charge in [-0.1, -0.05) is 36.2 Å². The molecule has 0 saturated carbocycles. The van der Waals surface area contributed by atoms with Crippen LogP contribution in [-0.2, 0) is 11.3 Å². The molecule has 9 heteroatoms. The van der Waals surface area contributed by atoms with Gasteiger partial charge in [0.25, 0.3) is 5.56 Å². The van der Waals surface area contributed by atoms with Crippen molar-refractivity contribution in [3.8, 4) is 0 Å². The van der Waals surface area contributed by atoms with Gasteiger partial charge < -0.3 is 15.2 Å². The van der Waals surface area contributed by atoms with Crippen LogP contribution in [-0.4, -0.2) is 59.6 Å². The highest BCUT2D eigenvalue weighted by Gasteiger charge is 2.17. The average molecular weight is 512 g/mol. The van der Waals surface area contributed by atoms with E-state index in [1.165, 1.54) is 10.3 Å². The molecule has 0 atom stereocenters. The second kappa shape index (κ2) is 12.7. The van der Waals surface area contributed by atoms with E-state index in [2.05, 4.69) is 26.2 Å². The van der Waals surface area contributed by atoms with Crippen molar-refractivity contribution in [2.24, 2.45) is 0 Å². The first kappa shape index (κ1) is 26.0. The summed E-state index contributed by atoms with van der Waals surface area (Å²) in [5.41, 5.74) is 1.08. The van der Waals surface area contributed by atoms with Crippen LogP contribution in [0.3, 0.4) is 0 Å². The lowest BCUT2D eigenvalue weighted by Gasteiger charge is -2.36. The number of amides is 1. The minimum Gasteiger partial charge on any atom is -0.369 e. The fraction of sp³-hybridized carbons (Fsp3) is 0.444. The number of H-pyrrole nitrogens is 1. The fourth-order valence-corrected chi connectivity index (χ4v) is 4.84. The van der Waals surface area contributed by atoms with Crippen LogP contribution in [0, 0.1) is 0 Å². The Kier molecular flexibility index (Phi) is 9.19. The van der Waals surface area contributed by atoms with Crippen LogP contribution >= 0.6 is 11.6 Å². The van der Waals surface area contributed by atoms with Crippen molar-refractivity contribution in [1.29, 1.82) is 0 Å². The number of hydrogen-bond donors (Lipinski definition) is 2. The molecular weight excluding hydrogens is 478 g/mol. The first-order chi connectivity index (χ1) is 17.5. The molecule has 1 saturated heterocycles. The Morgan fingerprint density at radius 2 is 1.72 bits per heavy atom. The van der Waals surface area contributed by atoms with Crippen LogP contribution in [0.5, 0.6) is 0 Å². The van der Waals surface area contributed by atoms with Crippen LogP contribution < -0.4 is 21.5 Å². The second-order valence-electron chi connectivity index (χ2n) is 9.26. The summed E-state index contributed by atoms with van der Waals surface area (Å²) in [6.45, 7) is 5.96. The number of nitrogens with zero attached hydrogens (tertiary/aromatic N) is 3. The molecule has 0 radical (unpaired) electrons. The zero-order valence-electron chi connectivity index (χ0n) is 20.5. The number of hydrogen-bond acceptors (Lipinski definition) is 5. The number of para-hydroxylation sites is 1. The second-order valence-corrected chi connectivity index (χ2v) is 9.69. The van der Waals surface area contributed by atoms with Gasteiger partial charge in [-0.15, -0.1) is 0 Å². The maximum absolute atomic E-state index is 12.5. The summed E-state index contributed by atoms with van der Waals surface area (Å²) in [5, 5.41) is 4.29. The largest absolute Gasteiger partial charge is 0.369 e. The summed E-state index contributed by atoms with van der Waals surface area (Å²) in [6.07, 6.45) is 3.58. The highest BCUT2D eigenvalue weighted by atomic mass is 35.5. The summed E-state index contributed by atoms with van der Waals surface area (Å²) < 4.78 is 1.25. The van der Waals surface area contributed by atoms with Crippen molar-refractivity contribution in [3.05, 3.63) is 74.4 Å². The molecule has 3 aromatic rings. The van der Waals surface area contributed by atoms with E-state index >= 15 is 0 Å². The molecule has 4 rings (SSSR count). The van der Waals surface area contributed by atoms with E-state index in [0.717, 1.165) is 57.0 Å². The van der Waals surface area contributed by atoms with Gasteiger partial charge in [0.05, 0.1) is 10.9 Å². The maximum Gasteiger partial charge on any atom is 0.328 e. The molecule has 1 fully saturated rings. The topological polar surface area (TPSA) is 90.4 Å². The molecular formula is C27H34ClN5O3. The average Bonchev–Trinajstić information content (AvgIpc) is 2.88. The van der Waals surface area contributed by atoms with E-state index < -0.39 is 0 Å². The Morgan fingerprint density at radius 3 is 2.53 bits per heavy atom. The molecule has 1 aromatic heterocycles. The van der Waals surface area contributed by atoms with Gasteiger partial charge in [-0.05, 0) is 56.1 Å². The SMILES string of the molecule is O=C(CCCCCn1c(=O)[nH]c2ccccc2c1=O)NCCCN1CCN(c2cccc(Cl)c2)CC1. The summed E-state index contributed by atoms with van der Waals surface area (Å²) in [6, 6.07) is 15.0. The number of aromatic amines is 1. The standard InChI is InChI=1S/C27H34ClN5O3/c28-21-8-6-9-22(20-21)32-18-16-31(17-19-32)14-7-13-29-25(34)12-2-1-5-15-33-26(35)23-10-3-4-11-24(23)30-27(33)36/h3-4,6,8-11,20H,1-2,5,7,12-19H2,(H,29,34)(H,30,36). The lowest BCUT2D eigenvalue weighted by molar-refractivity contribution is -0.121. The zero-order valence-corrected chi connectivity index (χ0v) is 21.3. The van der Waals surface area contributed by atoms with Gasteiger partial charge in [0.1, 0.15) is 0 Å². The van der Waals surface area contributed by atoms with Gasteiger partial charge in [0.15, 0.2) is 0 Å². The number of unbranched alkanes of at least 4 members (excludes halogenated alkanes) is 2. The van der Waals surface area contributed by atoms with Crippen LogP contribution in [0.1, 0.15) is 32.1 Å². The molecule has 1 amide bonds. The predicted molar refractivity (Wildman–Crippen MR) is 145 cm³/mol. The third-order valence-electron chi connectivity index (χ3n) is 6.69. The number of halogens is 1. The van der Waals surface area contributed by atoms with Gasteiger partial charge >= 0.3 is 5.69 Å². The molecule has 36 heavy (non-hydrogen) atoms. The molecule has 192 valence electrons. The Morgan fingerprint density at radius 1 is 0.917 bits per heavy atom. The maximum atomic E-state index is 12.5. The van der Waals surface area contributed by atoms with Crippen molar-refractivity contribution >= 4 is 34.1 Å². The first-order valence-corrected chi connectivity index (χ1v) is 13.1. The van der Waals surface area contributed by atoms with E-state index in [1.54, 1.807) is 24.3 Å². The smallest absolute Gasteiger partial charge is 0.328 e. The van der Waals surface area contributed by atoms with Crippen LogP contribution in [0.2, 0.25) is 5.02 Å². The Labute approximate surface area is 215 Å². The van der Waals surface area contributed by atoms with Gasteiger partial charge in [-0.2, -0.15) is 0 Å². The van der Waals surface area contributed by atoms with Crippen LogP contribution in [0.25, 0.3) is 10.9 Å². The van der Waals surface area contributed by atoms with E-state index in [0.29, 0.717) is 36.8 Å². The van der Waals surface area contributed by atoms with Crippen molar-refractivity contribution in [3.63, 3.8) is 0 Å². The van der Waals surface area contributed by atoms with Gasteiger partial charge in [-0.3, -0.25) is 19.1 Å². The number of anilines is 1. The quantitative estimate of drug-likeness (QED) is 0.386. The van der Waals surface area contributed by atoms with Crippen molar-refractivity contribution in [1.82, 2.24) is 19.8 Å². The monoisotopic (exact) mass is 511 g/mol. The third-order valence-corrected chi connectivity index (χ3v) is 6.93. The van der Waals surface area contributed by atoms with Gasteiger partial charge in [0, 0.05) is 56.4 Å². The zero-order chi connectivity index (χ0) is 25.3. The van der Waals surface area contributed by atoms with Crippen molar-refractivity contribution in [2.75, 3.05) is 44.2 Å². The van der Waals surface area contributed by atoms with Crippen molar-refractivity contribution in [2.45, 2.75) is 38.6 Å². The summed E-state index contributed by atoms with van der Waals surface area (Å²) in [7, 11) is 0. The summed E-state index contributed by atoms with van der Waals surface area (Å²) in [4.78, 5) is 44.5. The van der Waals surface area contributed by atoms with E-state index in [1.807, 2.05) is 18.2 Å². The highest BCUT2D eigenvalue weighted by Crippen LogP contribution is 2.20. The molecule has 1 aliphatic heterocycles. The number of nitrogens with one attached hydrogen (secondary N) is 2. The number of rotatable bonds is 11. The Balaban J connectivity index is 1.07. The molecule has 0 aliphatic carbocycles. The van der Waals surface area contributed by atoms with Gasteiger partial charge in [0.2, 0.25) is 5.91 Å². The number of benzene rings is 2. The molecule has 2 heterocycles. The van der Waals surface area contributed by atoms with Gasteiger partial charge in [-0.25, -0.2) is 4.79 Å². The first-order valence-electron chi connectivity index (χ1n) is 12.7. The number of carbonyl (C=O) groups excluding carboxylic acids is 1. The number of carbonyl (C=O) groups is 1. The third kappa shape index (κ3) is 6.98. The molecule has 0 spiro atoms. The molecule has 2 N–H and O–H groups in total. The normalized spacial score (nSPS) is 14.3. The highest BCUT2D eigenvalue weighted by molar-refractivity contribution is 6.30. The fourth-order valence-electron chi connectivity index (χ4n) is 4.66. The molecule has 8 nitrogen and oxygen atoms in total. The number of fused-ring (bicyclic) bond motifs is 1. The molecule has 1 aliphatic rings. The molecule has 0 bridgehead atoms. The van der Waals surface area contributed by atoms with Crippen LogP contribution in [0.4, 0.5) is 5.69 Å². The van der Waals surface area contributed by atoms with Crippen molar-refractivity contribution < 1.29 is 4.79 Å². The van der Waals surface area contributed by atoms with E-state index in [-0.39, 0.29) is 17.2 Å². The molecule has 2 aromatic carbocycles.